The zero-order chi connectivity index (χ0) is 17.1. The molecule has 0 bridgehead atoms. The Balaban J connectivity index is 3.44. The molecule has 0 spiro atoms. The maximum absolute atomic E-state index is 12.7. The van der Waals surface area contributed by atoms with Gasteiger partial charge in [-0.05, 0) is 6.92 Å². The van der Waals surface area contributed by atoms with Gasteiger partial charge in [-0.3, -0.25) is 0 Å². The minimum absolute atomic E-state index is 0.112. The summed E-state index contributed by atoms with van der Waals surface area (Å²) in [6.45, 7) is -0.112. The third kappa shape index (κ3) is 2.93. The predicted molar refractivity (Wildman–Crippen MR) is 46.8 cm³/mol. The van der Waals surface area contributed by atoms with Gasteiger partial charge in [0.15, 0.2) is 11.2 Å². The largest absolute Gasteiger partial charge is 0.443 e. The fraction of sp³-hybridized carbons (Fsp3) is 1.00. The quantitative estimate of drug-likeness (QED) is 0.669. The second-order valence-electron chi connectivity index (χ2n) is 5.00. The molecule has 1 aliphatic rings. The van der Waals surface area contributed by atoms with Crippen LogP contribution in [-0.4, -0.2) is 45.7 Å². The summed E-state index contributed by atoms with van der Waals surface area (Å²) < 4.78 is 117. The van der Waals surface area contributed by atoms with Crippen LogP contribution in [0.25, 0.3) is 0 Å². The van der Waals surface area contributed by atoms with E-state index in [0.717, 1.165) is 0 Å². The molecule has 0 saturated carbocycles. The van der Waals surface area contributed by atoms with Crippen LogP contribution in [0.4, 0.5) is 39.5 Å². The molecule has 1 heterocycles. The van der Waals surface area contributed by atoms with E-state index in [-0.39, 0.29) is 6.92 Å². The summed E-state index contributed by atoms with van der Waals surface area (Å²) in [6, 6.07) is 0. The molecule has 0 aromatic carbocycles. The van der Waals surface area contributed by atoms with Gasteiger partial charge in [-0.2, -0.15) is 39.5 Å². The van der Waals surface area contributed by atoms with E-state index < -0.39 is 48.4 Å². The molecule has 1 aliphatic heterocycles. The molecule has 1 fully saturated rings. The molecule has 1 saturated heterocycles. The number of ether oxygens (including phenoxy) is 1. The van der Waals surface area contributed by atoms with Crippen molar-refractivity contribution >= 4 is 0 Å². The number of hydrogen-bond donors (Lipinski definition) is 2. The zero-order valence-electron chi connectivity index (χ0n) is 10.1. The Kier molecular flexibility index (Phi) is 3.82. The minimum Gasteiger partial charge on any atom is -0.380 e. The molecule has 0 amide bonds. The average Bonchev–Trinajstić information content (AvgIpc) is 2.09. The molecule has 1 rings (SSSR count). The summed E-state index contributed by atoms with van der Waals surface area (Å²) in [5.74, 6) is -4.79. The van der Waals surface area contributed by atoms with Gasteiger partial charge in [0.1, 0.15) is 0 Å². The fourth-order valence-corrected chi connectivity index (χ4v) is 1.98. The second-order valence-corrected chi connectivity index (χ2v) is 5.00. The lowest BCUT2D eigenvalue weighted by molar-refractivity contribution is -0.470. The van der Waals surface area contributed by atoms with Crippen molar-refractivity contribution in [2.75, 3.05) is 0 Å². The number of hydrogen-bond acceptors (Lipinski definition) is 3. The van der Waals surface area contributed by atoms with Crippen molar-refractivity contribution in [2.45, 2.75) is 55.3 Å². The first kappa shape index (κ1) is 18.3. The number of rotatable bonds is 0. The van der Waals surface area contributed by atoms with Crippen LogP contribution >= 0.6 is 0 Å². The Bertz CT molecular complexity index is 340. The van der Waals surface area contributed by atoms with Gasteiger partial charge in [0.25, 0.3) is 5.79 Å². The van der Waals surface area contributed by atoms with E-state index in [1.165, 1.54) is 0 Å². The minimum atomic E-state index is -5.97. The monoisotopic (exact) mass is 336 g/mol. The Morgan fingerprint density at radius 3 is 1.48 bits per heavy atom. The summed E-state index contributed by atoms with van der Waals surface area (Å²) in [7, 11) is 0. The number of aliphatic hydroxyl groups is 2. The number of halogens is 9. The van der Waals surface area contributed by atoms with Gasteiger partial charge in [0.2, 0.25) is 0 Å². The van der Waals surface area contributed by atoms with Crippen molar-refractivity contribution < 1.29 is 54.5 Å². The van der Waals surface area contributed by atoms with Gasteiger partial charge in [-0.1, -0.05) is 0 Å². The van der Waals surface area contributed by atoms with Gasteiger partial charge in [-0.15, -0.1) is 0 Å². The fourth-order valence-electron chi connectivity index (χ4n) is 1.98. The molecule has 3 atom stereocenters. The third-order valence-electron chi connectivity index (χ3n) is 3.13. The molecule has 21 heavy (non-hydrogen) atoms. The summed E-state index contributed by atoms with van der Waals surface area (Å²) in [5, 5.41) is 18.3. The molecular formula is C9H9F9O3. The van der Waals surface area contributed by atoms with Crippen molar-refractivity contribution in [3.63, 3.8) is 0 Å². The van der Waals surface area contributed by atoms with E-state index in [4.69, 9.17) is 5.11 Å². The molecular weight excluding hydrogens is 327 g/mol. The van der Waals surface area contributed by atoms with E-state index in [1.54, 1.807) is 0 Å². The SMILES string of the molecule is C[C@@]1(C(F)(F)F)C[C@](O)(C(F)(F)F)C[C@](O)(C(F)(F)F)O1. The van der Waals surface area contributed by atoms with Crippen molar-refractivity contribution in [2.24, 2.45) is 0 Å². The van der Waals surface area contributed by atoms with Crippen LogP contribution in [0.3, 0.4) is 0 Å². The van der Waals surface area contributed by atoms with Gasteiger partial charge in [0, 0.05) is 12.8 Å². The third-order valence-corrected chi connectivity index (χ3v) is 3.13. The molecule has 3 nitrogen and oxygen atoms in total. The highest BCUT2D eigenvalue weighted by molar-refractivity contribution is 5.06. The first-order valence-electron chi connectivity index (χ1n) is 5.22. The van der Waals surface area contributed by atoms with Gasteiger partial charge in [0.05, 0.1) is 0 Å². The molecule has 0 aromatic rings. The highest BCUT2D eigenvalue weighted by atomic mass is 19.4. The second kappa shape index (κ2) is 4.38. The van der Waals surface area contributed by atoms with E-state index in [2.05, 4.69) is 4.74 Å². The highest BCUT2D eigenvalue weighted by Gasteiger charge is 2.75. The van der Waals surface area contributed by atoms with E-state index >= 15 is 0 Å². The van der Waals surface area contributed by atoms with Crippen molar-refractivity contribution in [1.82, 2.24) is 0 Å². The predicted octanol–water partition coefficient (Wildman–Crippen LogP) is 2.66. The summed E-state index contributed by atoms with van der Waals surface area (Å²) in [5.41, 5.74) is -8.46. The van der Waals surface area contributed by atoms with E-state index in [1.807, 2.05) is 0 Å². The first-order chi connectivity index (χ1) is 8.87. The van der Waals surface area contributed by atoms with Crippen molar-refractivity contribution in [1.29, 1.82) is 0 Å². The Labute approximate surface area is 111 Å². The highest BCUT2D eigenvalue weighted by Crippen LogP contribution is 2.56. The topological polar surface area (TPSA) is 49.7 Å². The van der Waals surface area contributed by atoms with Crippen LogP contribution in [0.15, 0.2) is 0 Å². The van der Waals surface area contributed by atoms with Crippen LogP contribution < -0.4 is 0 Å². The number of alkyl halides is 9. The lowest BCUT2D eigenvalue weighted by Gasteiger charge is -2.51. The molecule has 12 heteroatoms. The standard InChI is InChI=1S/C9H9F9O3/c1-4(7(10,11)12)2-5(19,8(13,14)15)3-6(20,21-4)9(16,17)18/h19-20H,2-3H2,1H3/t4-,5+,6+/m0/s1. The molecule has 126 valence electrons. The molecule has 0 aliphatic carbocycles. The Morgan fingerprint density at radius 1 is 0.762 bits per heavy atom. The van der Waals surface area contributed by atoms with Crippen LogP contribution in [0, 0.1) is 0 Å². The lowest BCUT2D eigenvalue weighted by atomic mass is 9.78. The van der Waals surface area contributed by atoms with Gasteiger partial charge >= 0.3 is 18.5 Å². The van der Waals surface area contributed by atoms with Crippen molar-refractivity contribution in [3.05, 3.63) is 0 Å². The van der Waals surface area contributed by atoms with Crippen LogP contribution in [0.1, 0.15) is 19.8 Å². The van der Waals surface area contributed by atoms with E-state index in [0.29, 0.717) is 0 Å². The molecule has 2 N–H and O–H groups in total. The Morgan fingerprint density at radius 2 is 1.19 bits per heavy atom. The van der Waals surface area contributed by atoms with Crippen LogP contribution in [-0.2, 0) is 4.74 Å². The lowest BCUT2D eigenvalue weighted by Crippen LogP contribution is -2.70. The van der Waals surface area contributed by atoms with E-state index in [9.17, 15) is 44.6 Å². The molecule has 0 radical (unpaired) electrons. The van der Waals surface area contributed by atoms with Crippen molar-refractivity contribution in [3.8, 4) is 0 Å². The van der Waals surface area contributed by atoms with Gasteiger partial charge in [-0.25, -0.2) is 0 Å². The summed E-state index contributed by atoms with van der Waals surface area (Å²) in [4.78, 5) is 0. The normalized spacial score (nSPS) is 39.4. The maximum Gasteiger partial charge on any atom is 0.443 e. The Hall–Kier alpha value is -0.750. The maximum atomic E-state index is 12.7. The first-order valence-corrected chi connectivity index (χ1v) is 5.22. The summed E-state index contributed by atoms with van der Waals surface area (Å²) >= 11 is 0. The molecule has 0 unspecified atom stereocenters. The van der Waals surface area contributed by atoms with Crippen LogP contribution in [0.5, 0.6) is 0 Å². The zero-order valence-corrected chi connectivity index (χ0v) is 10.1. The summed E-state index contributed by atoms with van der Waals surface area (Å²) in [6.07, 6.45) is -22.2. The van der Waals surface area contributed by atoms with Gasteiger partial charge < -0.3 is 14.9 Å². The molecule has 0 aromatic heterocycles. The van der Waals surface area contributed by atoms with Crippen LogP contribution in [0.2, 0.25) is 0 Å². The average molecular weight is 336 g/mol. The smallest absolute Gasteiger partial charge is 0.380 e.